The van der Waals surface area contributed by atoms with Crippen LogP contribution in [-0.4, -0.2) is 84.3 Å². The van der Waals surface area contributed by atoms with Gasteiger partial charge in [0.25, 0.3) is 0 Å². The van der Waals surface area contributed by atoms with Crippen LogP contribution >= 0.6 is 7.82 Å². The molecule has 2 bridgehead atoms. The monoisotopic (exact) mass is 492 g/mol. The second-order valence-electron chi connectivity index (χ2n) is 10.0. The lowest BCUT2D eigenvalue weighted by atomic mass is 9.63. The molecule has 0 spiro atoms. The third-order valence-corrected chi connectivity index (χ3v) is 8.34. The Balaban J connectivity index is 1.64. The van der Waals surface area contributed by atoms with Gasteiger partial charge in [-0.2, -0.15) is 0 Å². The van der Waals surface area contributed by atoms with Crippen LogP contribution in [0.3, 0.4) is 0 Å². The van der Waals surface area contributed by atoms with Gasteiger partial charge in [-0.15, -0.1) is 0 Å². The number of hydrogen-bond donors (Lipinski definition) is 7. The van der Waals surface area contributed by atoms with Gasteiger partial charge in [-0.3, -0.25) is 9.84 Å². The third kappa shape index (κ3) is 5.04. The summed E-state index contributed by atoms with van der Waals surface area (Å²) in [5, 5.41) is 46.3. The first-order valence-corrected chi connectivity index (χ1v) is 13.4. The van der Waals surface area contributed by atoms with Crippen LogP contribution < -0.4 is 5.32 Å². The van der Waals surface area contributed by atoms with Crippen LogP contribution in [0, 0.1) is 5.41 Å². The minimum atomic E-state index is -4.77. The highest BCUT2D eigenvalue weighted by Crippen LogP contribution is 2.52. The fourth-order valence-electron chi connectivity index (χ4n) is 6.03. The molecule has 7 N–H and O–H groups in total. The van der Waals surface area contributed by atoms with E-state index in [0.717, 1.165) is 44.9 Å². The maximum absolute atomic E-state index is 11.2. The first kappa shape index (κ1) is 25.5. The van der Waals surface area contributed by atoms with Crippen LogP contribution in [0.5, 0.6) is 0 Å². The number of aliphatic hydroxyl groups is 4. The van der Waals surface area contributed by atoms with Gasteiger partial charge in [-0.25, -0.2) is 4.57 Å². The predicted molar refractivity (Wildman–Crippen MR) is 116 cm³/mol. The first-order chi connectivity index (χ1) is 15.6. The van der Waals surface area contributed by atoms with Gasteiger partial charge in [0, 0.05) is 5.41 Å². The van der Waals surface area contributed by atoms with Crippen molar-refractivity contribution in [2.45, 2.75) is 107 Å². The standard InChI is InChI=1S/C21H37N2O9P/c24-15-14(12-31-33(28,29)30)32-17(16(15)25)23-11-10-20-8-6-4-2-1-3-5-7-9-21(23,13-20)19(27)22-18(20)26/h10-11,14-19,22,24-27H,1-9,12-13H2,(H2,28,29,30). The minimum Gasteiger partial charge on any atom is -0.387 e. The number of aliphatic hydroxyl groups excluding tert-OH is 4. The number of piperidine rings is 1. The fraction of sp³-hybridized carbons (Fsp3) is 0.905. The zero-order chi connectivity index (χ0) is 23.9. The predicted octanol–water partition coefficient (Wildman–Crippen LogP) is 0.251. The van der Waals surface area contributed by atoms with Crippen LogP contribution in [0.4, 0.5) is 0 Å². The molecule has 3 fully saturated rings. The molecule has 3 aliphatic heterocycles. The summed E-state index contributed by atoms with van der Waals surface area (Å²) in [5.74, 6) is 0. The normalized spacial score (nSPS) is 44.8. The van der Waals surface area contributed by atoms with Crippen molar-refractivity contribution in [2.75, 3.05) is 6.61 Å². The average molecular weight is 493 g/mol. The van der Waals surface area contributed by atoms with E-state index in [2.05, 4.69) is 9.84 Å². The van der Waals surface area contributed by atoms with Crippen molar-refractivity contribution in [3.05, 3.63) is 12.3 Å². The summed E-state index contributed by atoms with van der Waals surface area (Å²) < 4.78 is 21.4. The molecule has 190 valence electrons. The lowest BCUT2D eigenvalue weighted by Gasteiger charge is -2.61. The molecule has 0 aromatic rings. The van der Waals surface area contributed by atoms with Crippen molar-refractivity contribution in [2.24, 2.45) is 5.41 Å². The van der Waals surface area contributed by atoms with Crippen molar-refractivity contribution in [3.8, 4) is 0 Å². The van der Waals surface area contributed by atoms with Crippen molar-refractivity contribution in [1.29, 1.82) is 0 Å². The van der Waals surface area contributed by atoms with Crippen LogP contribution in [0.25, 0.3) is 0 Å². The number of nitrogens with zero attached hydrogens (tertiary/aromatic N) is 1. The number of rotatable bonds is 4. The van der Waals surface area contributed by atoms with E-state index in [-0.39, 0.29) is 0 Å². The van der Waals surface area contributed by atoms with Gasteiger partial charge in [-0.05, 0) is 25.5 Å². The van der Waals surface area contributed by atoms with E-state index in [1.54, 1.807) is 11.1 Å². The summed E-state index contributed by atoms with van der Waals surface area (Å²) in [6, 6.07) is 0. The Morgan fingerprint density at radius 2 is 1.61 bits per heavy atom. The van der Waals surface area contributed by atoms with Gasteiger partial charge in [0.2, 0.25) is 0 Å². The maximum atomic E-state index is 11.2. The summed E-state index contributed by atoms with van der Waals surface area (Å²) in [6.45, 7) is -0.590. The second kappa shape index (κ2) is 9.81. The molecular formula is C21H37N2O9P. The van der Waals surface area contributed by atoms with Crippen molar-refractivity contribution in [3.63, 3.8) is 0 Å². The smallest absolute Gasteiger partial charge is 0.387 e. The number of nitrogens with one attached hydrogen (secondary N) is 1. The Morgan fingerprint density at radius 3 is 2.27 bits per heavy atom. The number of phosphoric ester groups is 1. The molecular weight excluding hydrogens is 455 g/mol. The van der Waals surface area contributed by atoms with Gasteiger partial charge in [0.05, 0.1) is 12.1 Å². The Morgan fingerprint density at radius 1 is 0.970 bits per heavy atom. The summed E-state index contributed by atoms with van der Waals surface area (Å²) in [5.41, 5.74) is -1.46. The zero-order valence-corrected chi connectivity index (χ0v) is 19.6. The molecule has 33 heavy (non-hydrogen) atoms. The molecule has 11 nitrogen and oxygen atoms in total. The Hall–Kier alpha value is -0.590. The van der Waals surface area contributed by atoms with Gasteiger partial charge >= 0.3 is 7.82 Å². The summed E-state index contributed by atoms with van der Waals surface area (Å²) >= 11 is 0. The van der Waals surface area contributed by atoms with E-state index < -0.39 is 62.4 Å². The average Bonchev–Trinajstić information content (AvgIpc) is 3.02. The van der Waals surface area contributed by atoms with Gasteiger partial charge in [-0.1, -0.05) is 51.0 Å². The van der Waals surface area contributed by atoms with Gasteiger partial charge in [0.15, 0.2) is 6.23 Å². The van der Waals surface area contributed by atoms with Gasteiger partial charge in [0.1, 0.15) is 30.8 Å². The van der Waals surface area contributed by atoms with E-state index >= 15 is 0 Å². The summed E-state index contributed by atoms with van der Waals surface area (Å²) in [4.78, 5) is 19.7. The third-order valence-electron chi connectivity index (χ3n) is 7.86. The summed E-state index contributed by atoms with van der Waals surface area (Å²) in [6.07, 6.45) is 5.72. The second-order valence-corrected chi connectivity index (χ2v) is 11.3. The highest BCUT2D eigenvalue weighted by Gasteiger charge is 2.61. The lowest BCUT2D eigenvalue weighted by molar-refractivity contribution is -0.207. The number of phosphoric acid groups is 1. The van der Waals surface area contributed by atoms with Crippen LogP contribution in [0.15, 0.2) is 12.3 Å². The van der Waals surface area contributed by atoms with E-state index in [0.29, 0.717) is 12.8 Å². The van der Waals surface area contributed by atoms with Crippen molar-refractivity contribution >= 4 is 7.82 Å². The molecule has 8 atom stereocenters. The molecule has 0 amide bonds. The quantitative estimate of drug-likeness (QED) is 0.268. The Labute approximate surface area is 193 Å². The van der Waals surface area contributed by atoms with Crippen LogP contribution in [0.2, 0.25) is 0 Å². The topological polar surface area (TPSA) is 172 Å². The molecule has 3 heterocycles. The van der Waals surface area contributed by atoms with Crippen molar-refractivity contribution in [1.82, 2.24) is 10.2 Å². The molecule has 2 saturated heterocycles. The molecule has 12 heteroatoms. The van der Waals surface area contributed by atoms with E-state index in [4.69, 9.17) is 14.5 Å². The minimum absolute atomic E-state index is 0.457. The van der Waals surface area contributed by atoms with Crippen LogP contribution in [-0.2, 0) is 13.8 Å². The largest absolute Gasteiger partial charge is 0.469 e. The van der Waals surface area contributed by atoms with Crippen molar-refractivity contribution < 1.29 is 44.0 Å². The Bertz CT molecular complexity index is 766. The lowest BCUT2D eigenvalue weighted by Crippen LogP contribution is -2.74. The maximum Gasteiger partial charge on any atom is 0.469 e. The molecule has 4 aliphatic rings. The summed E-state index contributed by atoms with van der Waals surface area (Å²) in [7, 11) is -4.77. The molecule has 1 aliphatic carbocycles. The van der Waals surface area contributed by atoms with E-state index in [1.807, 2.05) is 6.08 Å². The molecule has 0 aromatic heterocycles. The highest BCUT2D eigenvalue weighted by atomic mass is 31.2. The van der Waals surface area contributed by atoms with E-state index in [1.165, 1.54) is 6.42 Å². The number of ether oxygens (including phenoxy) is 1. The molecule has 0 aromatic carbocycles. The molecule has 1 saturated carbocycles. The fourth-order valence-corrected chi connectivity index (χ4v) is 6.37. The number of hydrogen-bond acceptors (Lipinski definition) is 9. The highest BCUT2D eigenvalue weighted by molar-refractivity contribution is 7.46. The van der Waals surface area contributed by atoms with Gasteiger partial charge < -0.3 is 39.8 Å². The first-order valence-electron chi connectivity index (χ1n) is 11.9. The molecule has 8 unspecified atom stereocenters. The van der Waals surface area contributed by atoms with E-state index in [9.17, 15) is 25.0 Å². The SMILES string of the molecule is O=P(O)(O)OCC1OC(N2C=CC34CCCCCCCCCC2(C3)C(O)NC4O)C(O)C1O. The molecule has 0 radical (unpaired) electrons. The zero-order valence-electron chi connectivity index (χ0n) is 18.7. The Kier molecular flexibility index (Phi) is 7.58. The molecule has 4 rings (SSSR count). The van der Waals surface area contributed by atoms with Crippen LogP contribution in [0.1, 0.15) is 64.2 Å².